The van der Waals surface area contributed by atoms with E-state index in [1.54, 1.807) is 25.1 Å². The van der Waals surface area contributed by atoms with Crippen molar-refractivity contribution in [2.24, 2.45) is 0 Å². The molecule has 2 N–H and O–H groups in total. The van der Waals surface area contributed by atoms with Crippen LogP contribution in [0.4, 0.5) is 5.69 Å². The average Bonchev–Trinajstić information content (AvgIpc) is 3.01. The van der Waals surface area contributed by atoms with E-state index in [0.29, 0.717) is 17.7 Å². The van der Waals surface area contributed by atoms with E-state index in [2.05, 4.69) is 41.9 Å². The number of nitriles is 1. The van der Waals surface area contributed by atoms with Gasteiger partial charge in [-0.25, -0.2) is 0 Å². The van der Waals surface area contributed by atoms with E-state index in [-0.39, 0.29) is 17.2 Å². The van der Waals surface area contributed by atoms with E-state index < -0.39 is 0 Å². The molecule has 0 saturated heterocycles. The van der Waals surface area contributed by atoms with Crippen LogP contribution in [0, 0.1) is 11.3 Å². The number of aromatic nitrogens is 4. The molecule has 106 valence electrons. The Labute approximate surface area is 129 Å². The molecule has 0 aliphatic heterocycles. The largest absolute Gasteiger partial charge is 0.360 e. The first-order chi connectivity index (χ1) is 10.2. The Hall–Kier alpha value is -2.53. The molecule has 7 nitrogen and oxygen atoms in total. The van der Waals surface area contributed by atoms with Crippen molar-refractivity contribution in [2.45, 2.75) is 13.3 Å². The van der Waals surface area contributed by atoms with Crippen LogP contribution in [-0.2, 0) is 0 Å². The molecule has 0 spiro atoms. The maximum atomic E-state index is 11.9. The van der Waals surface area contributed by atoms with Crippen LogP contribution in [0.15, 0.2) is 28.9 Å². The van der Waals surface area contributed by atoms with Crippen molar-refractivity contribution in [3.05, 3.63) is 40.3 Å². The minimum Gasteiger partial charge on any atom is -0.360 e. The predicted octanol–water partition coefficient (Wildman–Crippen LogP) is 2.53. The first-order valence-electron chi connectivity index (χ1n) is 6.09. The Balaban J connectivity index is 2.33. The summed E-state index contributed by atoms with van der Waals surface area (Å²) in [6.07, 6.45) is 1.84. The van der Waals surface area contributed by atoms with Gasteiger partial charge in [-0.3, -0.25) is 4.79 Å². The molecule has 0 saturated carbocycles. The van der Waals surface area contributed by atoms with Crippen molar-refractivity contribution in [3.63, 3.8) is 0 Å². The molecule has 1 aromatic carbocycles. The first-order valence-corrected chi connectivity index (χ1v) is 6.88. The topological polar surface area (TPSA) is 107 Å². The summed E-state index contributed by atoms with van der Waals surface area (Å²) < 4.78 is 0.823. The number of H-pyrrole nitrogens is 1. The average molecular weight is 347 g/mol. The lowest BCUT2D eigenvalue weighted by Crippen LogP contribution is -2.03. The van der Waals surface area contributed by atoms with Gasteiger partial charge in [-0.15, -0.1) is 10.2 Å². The summed E-state index contributed by atoms with van der Waals surface area (Å²) in [6, 6.07) is 7.26. The fourth-order valence-electron chi connectivity index (χ4n) is 1.64. The van der Waals surface area contributed by atoms with E-state index >= 15 is 0 Å². The molecule has 0 fully saturated rings. The van der Waals surface area contributed by atoms with Gasteiger partial charge in [0.25, 0.3) is 0 Å². The van der Waals surface area contributed by atoms with Gasteiger partial charge >= 0.3 is 0 Å². The number of tetrazole rings is 1. The molecule has 2 aromatic rings. The van der Waals surface area contributed by atoms with Crippen LogP contribution in [0.2, 0.25) is 0 Å². The number of ketones is 1. The third kappa shape index (κ3) is 3.52. The second-order valence-corrected chi connectivity index (χ2v) is 4.93. The number of nitrogens with one attached hydrogen (secondary N) is 2. The number of benzene rings is 1. The van der Waals surface area contributed by atoms with Gasteiger partial charge in [-0.2, -0.15) is 10.5 Å². The highest BCUT2D eigenvalue weighted by Crippen LogP contribution is 2.23. The first kappa shape index (κ1) is 14.9. The van der Waals surface area contributed by atoms with Crippen LogP contribution in [0.25, 0.3) is 5.57 Å². The molecule has 0 atom stereocenters. The second-order valence-electron chi connectivity index (χ2n) is 4.02. The molecular formula is C13H11BrN6O. The third-order valence-electron chi connectivity index (χ3n) is 2.68. The summed E-state index contributed by atoms with van der Waals surface area (Å²) in [5, 5.41) is 25.2. The lowest BCUT2D eigenvalue weighted by Gasteiger charge is -2.08. The monoisotopic (exact) mass is 346 g/mol. The number of nitrogens with zero attached hydrogens (tertiary/aromatic N) is 4. The van der Waals surface area contributed by atoms with Crippen LogP contribution in [0.5, 0.6) is 0 Å². The number of carbonyl (C=O) groups excluding carboxylic acids is 1. The summed E-state index contributed by atoms with van der Waals surface area (Å²) in [4.78, 5) is 11.9. The summed E-state index contributed by atoms with van der Waals surface area (Å²) in [7, 11) is 0. The van der Waals surface area contributed by atoms with Gasteiger partial charge in [-0.1, -0.05) is 22.9 Å². The molecule has 0 radical (unpaired) electrons. The van der Waals surface area contributed by atoms with Gasteiger partial charge < -0.3 is 5.32 Å². The molecule has 2 rings (SSSR count). The van der Waals surface area contributed by atoms with Crippen LogP contribution in [0.3, 0.4) is 0 Å². The predicted molar refractivity (Wildman–Crippen MR) is 80.2 cm³/mol. The number of rotatable bonds is 5. The van der Waals surface area contributed by atoms with Crippen molar-refractivity contribution >= 4 is 33.0 Å². The lowest BCUT2D eigenvalue weighted by molar-refractivity contribution is 0.0989. The van der Waals surface area contributed by atoms with Gasteiger partial charge in [-0.05, 0) is 23.4 Å². The molecule has 8 heteroatoms. The van der Waals surface area contributed by atoms with Gasteiger partial charge in [0, 0.05) is 22.7 Å². The number of hydrogen-bond acceptors (Lipinski definition) is 6. The summed E-state index contributed by atoms with van der Waals surface area (Å²) >= 11 is 3.35. The molecule has 1 aromatic heterocycles. The molecule has 0 aliphatic carbocycles. The smallest absolute Gasteiger partial charge is 0.216 e. The Morgan fingerprint density at radius 2 is 2.38 bits per heavy atom. The van der Waals surface area contributed by atoms with Gasteiger partial charge in [0.2, 0.25) is 5.82 Å². The number of aromatic amines is 1. The maximum Gasteiger partial charge on any atom is 0.216 e. The Morgan fingerprint density at radius 3 is 3.00 bits per heavy atom. The number of Topliss-reactive ketones (excluding diaryl/α,β-unsaturated/α-hetero) is 1. The van der Waals surface area contributed by atoms with Gasteiger partial charge in [0.1, 0.15) is 11.6 Å². The Bertz CT molecular complexity index is 717. The lowest BCUT2D eigenvalue weighted by atomic mass is 10.1. The van der Waals surface area contributed by atoms with Crippen molar-refractivity contribution < 1.29 is 4.79 Å². The number of hydrogen-bond donors (Lipinski definition) is 2. The van der Waals surface area contributed by atoms with Crippen molar-refractivity contribution in [3.8, 4) is 6.07 Å². The molecule has 0 aliphatic rings. The van der Waals surface area contributed by atoms with Gasteiger partial charge in [0.15, 0.2) is 5.78 Å². The molecule has 1 heterocycles. The Kier molecular flexibility index (Phi) is 4.79. The SMILES string of the molecule is CCC(=O)c1ccc(Br)cc1NC=C(C#N)c1nn[nH]n1. The number of allylic oxidation sites excluding steroid dienone is 1. The number of anilines is 1. The summed E-state index contributed by atoms with van der Waals surface area (Å²) in [5.41, 5.74) is 1.37. The van der Waals surface area contributed by atoms with E-state index in [0.717, 1.165) is 4.47 Å². The number of carbonyl (C=O) groups is 1. The molecule has 0 amide bonds. The van der Waals surface area contributed by atoms with Crippen molar-refractivity contribution in [1.82, 2.24) is 20.6 Å². The highest BCUT2D eigenvalue weighted by Gasteiger charge is 2.11. The van der Waals surface area contributed by atoms with Crippen molar-refractivity contribution in [1.29, 1.82) is 5.26 Å². The minimum atomic E-state index is 0.0106. The fraction of sp³-hybridized carbons (Fsp3) is 0.154. The quantitative estimate of drug-likeness (QED) is 0.636. The highest BCUT2D eigenvalue weighted by atomic mass is 79.9. The van der Waals surface area contributed by atoms with E-state index in [1.165, 1.54) is 6.20 Å². The minimum absolute atomic E-state index is 0.0106. The second kappa shape index (κ2) is 6.76. The zero-order chi connectivity index (χ0) is 15.2. The zero-order valence-corrected chi connectivity index (χ0v) is 12.7. The summed E-state index contributed by atoms with van der Waals surface area (Å²) in [5.74, 6) is 0.194. The van der Waals surface area contributed by atoms with Crippen LogP contribution in [-0.4, -0.2) is 26.4 Å². The van der Waals surface area contributed by atoms with Crippen molar-refractivity contribution in [2.75, 3.05) is 5.32 Å². The normalized spacial score (nSPS) is 11.0. The van der Waals surface area contributed by atoms with Gasteiger partial charge in [0.05, 0.1) is 5.69 Å². The molecule has 21 heavy (non-hydrogen) atoms. The number of halogens is 1. The molecular weight excluding hydrogens is 336 g/mol. The maximum absolute atomic E-state index is 11.9. The van der Waals surface area contributed by atoms with E-state index in [4.69, 9.17) is 5.26 Å². The highest BCUT2D eigenvalue weighted by molar-refractivity contribution is 9.10. The van der Waals surface area contributed by atoms with Crippen LogP contribution >= 0.6 is 15.9 Å². The molecule has 0 bridgehead atoms. The van der Waals surface area contributed by atoms with E-state index in [9.17, 15) is 4.79 Å². The van der Waals surface area contributed by atoms with E-state index in [1.807, 2.05) is 6.07 Å². The third-order valence-corrected chi connectivity index (χ3v) is 3.18. The standard InChI is InChI=1S/C13H11BrN6O/c1-2-12(21)10-4-3-9(14)5-11(10)16-7-8(6-15)13-17-19-20-18-13/h3-5,7,16H,2H2,1H3,(H,17,18,19,20). The fourth-order valence-corrected chi connectivity index (χ4v) is 2.00. The Morgan fingerprint density at radius 1 is 1.57 bits per heavy atom. The zero-order valence-electron chi connectivity index (χ0n) is 11.1. The van der Waals surface area contributed by atoms with Crippen LogP contribution < -0.4 is 5.32 Å². The van der Waals surface area contributed by atoms with Crippen LogP contribution in [0.1, 0.15) is 29.5 Å². The summed E-state index contributed by atoms with van der Waals surface area (Å²) in [6.45, 7) is 1.80. The molecule has 0 unspecified atom stereocenters.